The van der Waals surface area contributed by atoms with E-state index in [0.29, 0.717) is 0 Å². The lowest BCUT2D eigenvalue weighted by Crippen LogP contribution is -1.95. The van der Waals surface area contributed by atoms with Gasteiger partial charge in [-0.15, -0.1) is 0 Å². The van der Waals surface area contributed by atoms with E-state index in [1.807, 2.05) is 0 Å². The van der Waals surface area contributed by atoms with Gasteiger partial charge in [0.05, 0.1) is 6.21 Å². The zero-order valence-electron chi connectivity index (χ0n) is 3.16. The van der Waals surface area contributed by atoms with Crippen LogP contribution in [-0.2, 0) is 0 Å². The molecule has 0 aromatic heterocycles. The molecule has 0 fully saturated rings. The Kier molecular flexibility index (Phi) is 0.602. The third kappa shape index (κ3) is 0.381. The van der Waals surface area contributed by atoms with Gasteiger partial charge in [0.1, 0.15) is 0 Å². The topological polar surface area (TPSA) is 38.4 Å². The van der Waals surface area contributed by atoms with Crippen molar-refractivity contribution in [3.8, 4) is 0 Å². The van der Waals surface area contributed by atoms with Crippen LogP contribution in [-0.4, -0.2) is 23.8 Å². The van der Waals surface area contributed by atoms with Crippen molar-refractivity contribution in [1.29, 1.82) is 0 Å². The molecule has 0 bridgehead atoms. The summed E-state index contributed by atoms with van der Waals surface area (Å²) < 4.78 is 0.764. The highest BCUT2D eigenvalue weighted by atomic mass is 16.5. The molecule has 1 aliphatic rings. The van der Waals surface area contributed by atoms with Crippen LogP contribution in [0.25, 0.3) is 0 Å². The summed E-state index contributed by atoms with van der Waals surface area (Å²) in [5, 5.41) is 9.98. The number of hydroxylamine groups is 1. The van der Waals surface area contributed by atoms with Crippen molar-refractivity contribution in [2.75, 3.05) is 6.67 Å². The van der Waals surface area contributed by atoms with Gasteiger partial charge in [-0.2, -0.15) is 4.74 Å². The molecule has 0 aromatic rings. The van der Waals surface area contributed by atoms with E-state index in [1.54, 1.807) is 0 Å². The maximum atomic E-state index is 9.98. The van der Waals surface area contributed by atoms with Crippen LogP contribution in [0, 0.1) is 5.21 Å². The first-order valence-corrected chi connectivity index (χ1v) is 1.66. The summed E-state index contributed by atoms with van der Waals surface area (Å²) >= 11 is 0. The average Bonchev–Trinajstić information content (AvgIpc) is 1.86. The Hall–Kier alpha value is -0.860. The van der Waals surface area contributed by atoms with Crippen LogP contribution in [0.15, 0.2) is 4.99 Å². The minimum absolute atomic E-state index is 0.278. The summed E-state index contributed by atoms with van der Waals surface area (Å²) in [7, 11) is 0. The van der Waals surface area contributed by atoms with Crippen LogP contribution in [0.2, 0.25) is 0 Å². The van der Waals surface area contributed by atoms with Crippen molar-refractivity contribution in [1.82, 2.24) is 0 Å². The summed E-state index contributed by atoms with van der Waals surface area (Å²) in [5.74, 6) is 0. The van der Waals surface area contributed by atoms with Gasteiger partial charge in [-0.1, -0.05) is 0 Å². The molecule has 0 saturated heterocycles. The van der Waals surface area contributed by atoms with E-state index in [9.17, 15) is 5.21 Å². The molecule has 0 atom stereocenters. The van der Waals surface area contributed by atoms with Gasteiger partial charge in [-0.05, 0) is 0 Å². The third-order valence-electron chi connectivity index (χ3n) is 0.559. The van der Waals surface area contributed by atoms with Gasteiger partial charge in [0.2, 0.25) is 6.67 Å². The van der Waals surface area contributed by atoms with E-state index in [4.69, 9.17) is 0 Å². The van der Waals surface area contributed by atoms with Gasteiger partial charge in [0, 0.05) is 0 Å². The summed E-state index contributed by atoms with van der Waals surface area (Å²) in [6, 6.07) is 0. The number of nitrogens with zero attached hydrogens (tertiary/aromatic N) is 2. The van der Waals surface area contributed by atoms with Crippen LogP contribution in [0.4, 0.5) is 0 Å². The van der Waals surface area contributed by atoms with Crippen LogP contribution in [0.1, 0.15) is 0 Å². The minimum Gasteiger partial charge on any atom is -0.622 e. The highest BCUT2D eigenvalue weighted by Crippen LogP contribution is 1.74. The molecule has 3 heteroatoms. The van der Waals surface area contributed by atoms with Gasteiger partial charge < -0.3 is 5.21 Å². The van der Waals surface area contributed by atoms with Crippen LogP contribution < -0.4 is 0 Å². The molecule has 0 aliphatic carbocycles. The maximum absolute atomic E-state index is 9.98. The van der Waals surface area contributed by atoms with E-state index >= 15 is 0 Å². The molecule has 6 heavy (non-hydrogen) atoms. The first-order valence-electron chi connectivity index (χ1n) is 1.66. The van der Waals surface area contributed by atoms with Crippen LogP contribution >= 0.6 is 0 Å². The SMILES string of the molecule is [O-][N+]1=CC=NC1. The molecule has 1 rings (SSSR count). The quantitative estimate of drug-likeness (QED) is 0.291. The predicted molar refractivity (Wildman–Crippen MR) is 23.1 cm³/mol. The second-order valence-electron chi connectivity index (χ2n) is 1.04. The number of rotatable bonds is 0. The van der Waals surface area contributed by atoms with Crippen molar-refractivity contribution < 1.29 is 4.74 Å². The fourth-order valence-electron chi connectivity index (χ4n) is 0.296. The second kappa shape index (κ2) is 1.08. The number of aliphatic imine (C=N–C) groups is 1. The predicted octanol–water partition coefficient (Wildman–Crippen LogP) is -0.391. The Morgan fingerprint density at radius 2 is 2.67 bits per heavy atom. The fourth-order valence-corrected chi connectivity index (χ4v) is 0.296. The van der Waals surface area contributed by atoms with Gasteiger partial charge >= 0.3 is 0 Å². The first-order chi connectivity index (χ1) is 2.89. The Bertz CT molecular complexity index is 105. The van der Waals surface area contributed by atoms with Crippen LogP contribution in [0.5, 0.6) is 0 Å². The van der Waals surface area contributed by atoms with Gasteiger partial charge in [-0.3, -0.25) is 0 Å². The molecule has 0 aromatic carbocycles. The standard InChI is InChI=1S/C3H4N2O/c6-5-2-1-4-3-5/h1-2H,3H2. The highest BCUT2D eigenvalue weighted by Gasteiger charge is 1.90. The molecule has 0 N–H and O–H groups in total. The molecule has 0 spiro atoms. The zero-order valence-corrected chi connectivity index (χ0v) is 3.16. The molecular weight excluding hydrogens is 80.0 g/mol. The summed E-state index contributed by atoms with van der Waals surface area (Å²) in [6.45, 7) is 0.278. The molecule has 32 valence electrons. The van der Waals surface area contributed by atoms with Crippen molar-refractivity contribution in [2.45, 2.75) is 0 Å². The van der Waals surface area contributed by atoms with Crippen molar-refractivity contribution in [3.05, 3.63) is 5.21 Å². The first kappa shape index (κ1) is 3.33. The molecule has 3 nitrogen and oxygen atoms in total. The maximum Gasteiger partial charge on any atom is 0.246 e. The molecule has 1 aliphatic heterocycles. The number of hydrogen-bond acceptors (Lipinski definition) is 2. The Morgan fingerprint density at radius 1 is 1.83 bits per heavy atom. The lowest BCUT2D eigenvalue weighted by molar-refractivity contribution is -0.445. The molecular formula is C3H4N2O. The van der Waals surface area contributed by atoms with E-state index in [0.717, 1.165) is 4.74 Å². The molecule has 0 amide bonds. The monoisotopic (exact) mass is 84.0 g/mol. The second-order valence-corrected chi connectivity index (χ2v) is 1.04. The largest absolute Gasteiger partial charge is 0.622 e. The lowest BCUT2D eigenvalue weighted by atomic mass is 10.8. The van der Waals surface area contributed by atoms with Gasteiger partial charge in [-0.25, -0.2) is 4.99 Å². The van der Waals surface area contributed by atoms with Gasteiger partial charge in [0.15, 0.2) is 6.21 Å². The van der Waals surface area contributed by atoms with E-state index in [-0.39, 0.29) is 6.67 Å². The molecule has 1 heterocycles. The Morgan fingerprint density at radius 3 is 2.83 bits per heavy atom. The Balaban J connectivity index is 2.61. The highest BCUT2D eigenvalue weighted by molar-refractivity contribution is 6.14. The molecule has 0 saturated carbocycles. The van der Waals surface area contributed by atoms with Crippen molar-refractivity contribution in [2.24, 2.45) is 4.99 Å². The lowest BCUT2D eigenvalue weighted by Gasteiger charge is -1.88. The van der Waals surface area contributed by atoms with Crippen molar-refractivity contribution in [3.63, 3.8) is 0 Å². The fraction of sp³-hybridized carbons (Fsp3) is 0.333. The smallest absolute Gasteiger partial charge is 0.246 e. The van der Waals surface area contributed by atoms with Gasteiger partial charge in [0.25, 0.3) is 0 Å². The summed E-state index contributed by atoms with van der Waals surface area (Å²) in [5.41, 5.74) is 0. The third-order valence-corrected chi connectivity index (χ3v) is 0.559. The van der Waals surface area contributed by atoms with E-state index in [2.05, 4.69) is 4.99 Å². The van der Waals surface area contributed by atoms with Crippen LogP contribution in [0.3, 0.4) is 0 Å². The molecule has 0 radical (unpaired) electrons. The average molecular weight is 84.1 g/mol. The minimum atomic E-state index is 0.278. The van der Waals surface area contributed by atoms with Crippen molar-refractivity contribution >= 4 is 12.4 Å². The summed E-state index contributed by atoms with van der Waals surface area (Å²) in [4.78, 5) is 3.60. The zero-order chi connectivity index (χ0) is 4.41. The molecule has 0 unspecified atom stereocenters. The van der Waals surface area contributed by atoms with E-state index < -0.39 is 0 Å². The number of hydrogen-bond donors (Lipinski definition) is 0. The normalized spacial score (nSPS) is 18.3. The summed E-state index contributed by atoms with van der Waals surface area (Å²) in [6.07, 6.45) is 2.88. The van der Waals surface area contributed by atoms with E-state index in [1.165, 1.54) is 12.4 Å². The Labute approximate surface area is 35.2 Å².